The number of nitrogens with one attached hydrogen (secondary N) is 1. The van der Waals surface area contributed by atoms with E-state index in [0.717, 1.165) is 18.9 Å². The van der Waals surface area contributed by atoms with E-state index in [9.17, 15) is 18.5 Å². The summed E-state index contributed by atoms with van der Waals surface area (Å²) in [5, 5.41) is 14.3. The van der Waals surface area contributed by atoms with Gasteiger partial charge in [-0.25, -0.2) is 8.42 Å². The number of nitro benzene ring substituents is 1. The van der Waals surface area contributed by atoms with Crippen molar-refractivity contribution in [3.63, 3.8) is 0 Å². The predicted molar refractivity (Wildman–Crippen MR) is 82.9 cm³/mol. The van der Waals surface area contributed by atoms with Crippen molar-refractivity contribution in [2.24, 2.45) is 5.92 Å². The molecule has 0 aliphatic carbocycles. The number of rotatable bonds is 6. The van der Waals surface area contributed by atoms with Crippen molar-refractivity contribution in [1.82, 2.24) is 0 Å². The maximum atomic E-state index is 11.8. The third-order valence-electron chi connectivity index (χ3n) is 3.83. The van der Waals surface area contributed by atoms with Crippen molar-refractivity contribution in [2.45, 2.75) is 24.7 Å². The number of ether oxygens (including phenoxy) is 1. The van der Waals surface area contributed by atoms with Gasteiger partial charge in [0.25, 0.3) is 5.69 Å². The average molecular weight is 328 g/mol. The van der Waals surface area contributed by atoms with Crippen molar-refractivity contribution < 1.29 is 18.1 Å². The molecule has 1 aromatic rings. The summed E-state index contributed by atoms with van der Waals surface area (Å²) in [5.41, 5.74) is 0.146. The van der Waals surface area contributed by atoms with Crippen LogP contribution in [0.1, 0.15) is 19.8 Å². The molecular weight excluding hydrogens is 308 g/mol. The van der Waals surface area contributed by atoms with E-state index in [4.69, 9.17) is 4.74 Å². The summed E-state index contributed by atoms with van der Waals surface area (Å²) in [7, 11) is -3.46. The third-order valence-corrected chi connectivity index (χ3v) is 5.56. The van der Waals surface area contributed by atoms with E-state index >= 15 is 0 Å². The number of anilines is 1. The van der Waals surface area contributed by atoms with Crippen molar-refractivity contribution >= 4 is 21.2 Å². The van der Waals surface area contributed by atoms with Crippen LogP contribution in [-0.4, -0.2) is 38.9 Å². The number of sulfone groups is 1. The highest BCUT2D eigenvalue weighted by molar-refractivity contribution is 7.91. The highest BCUT2D eigenvalue weighted by Crippen LogP contribution is 2.28. The molecule has 22 heavy (non-hydrogen) atoms. The fourth-order valence-corrected chi connectivity index (χ4v) is 3.28. The van der Waals surface area contributed by atoms with Gasteiger partial charge in [0, 0.05) is 25.8 Å². The van der Waals surface area contributed by atoms with Crippen molar-refractivity contribution in [1.29, 1.82) is 0 Å². The van der Waals surface area contributed by atoms with Gasteiger partial charge < -0.3 is 10.1 Å². The molecule has 1 N–H and O–H groups in total. The van der Waals surface area contributed by atoms with Crippen LogP contribution in [0.3, 0.4) is 0 Å². The molecule has 0 saturated carbocycles. The second-order valence-corrected chi connectivity index (χ2v) is 7.55. The van der Waals surface area contributed by atoms with Crippen LogP contribution in [0.4, 0.5) is 11.4 Å². The summed E-state index contributed by atoms with van der Waals surface area (Å²) in [6.45, 7) is 3.55. The number of benzene rings is 1. The molecule has 1 heterocycles. The molecule has 1 aliphatic heterocycles. The molecule has 7 nitrogen and oxygen atoms in total. The molecule has 8 heteroatoms. The second-order valence-electron chi connectivity index (χ2n) is 5.28. The first-order chi connectivity index (χ1) is 10.4. The molecule has 1 fully saturated rings. The van der Waals surface area contributed by atoms with Gasteiger partial charge in [-0.05, 0) is 30.9 Å². The smallest absolute Gasteiger partial charge is 0.293 e. The Morgan fingerprint density at radius 1 is 1.36 bits per heavy atom. The number of nitro groups is 1. The van der Waals surface area contributed by atoms with Gasteiger partial charge in [0.1, 0.15) is 5.69 Å². The van der Waals surface area contributed by atoms with Crippen LogP contribution in [-0.2, 0) is 14.6 Å². The average Bonchev–Trinajstić information content (AvgIpc) is 2.53. The zero-order valence-electron chi connectivity index (χ0n) is 12.4. The van der Waals surface area contributed by atoms with E-state index in [2.05, 4.69) is 5.32 Å². The molecule has 0 aromatic heterocycles. The highest BCUT2D eigenvalue weighted by atomic mass is 32.2. The lowest BCUT2D eigenvalue weighted by molar-refractivity contribution is -0.384. The van der Waals surface area contributed by atoms with E-state index in [0.29, 0.717) is 31.4 Å². The molecule has 0 radical (unpaired) electrons. The highest BCUT2D eigenvalue weighted by Gasteiger charge is 2.21. The quantitative estimate of drug-likeness (QED) is 0.635. The Kier molecular flexibility index (Phi) is 5.36. The van der Waals surface area contributed by atoms with Gasteiger partial charge in [0.2, 0.25) is 0 Å². The molecule has 0 amide bonds. The lowest BCUT2D eigenvalue weighted by Crippen LogP contribution is -2.22. The minimum atomic E-state index is -3.46. The number of nitrogens with zero attached hydrogens (tertiary/aromatic N) is 1. The first kappa shape index (κ1) is 16.7. The van der Waals surface area contributed by atoms with Crippen molar-refractivity contribution in [3.8, 4) is 0 Å². The van der Waals surface area contributed by atoms with Crippen molar-refractivity contribution in [3.05, 3.63) is 28.3 Å². The zero-order chi connectivity index (χ0) is 16.2. The van der Waals surface area contributed by atoms with Gasteiger partial charge >= 0.3 is 0 Å². The van der Waals surface area contributed by atoms with Crippen LogP contribution in [0.15, 0.2) is 23.1 Å². The first-order valence-corrected chi connectivity index (χ1v) is 8.92. The molecule has 1 aliphatic rings. The van der Waals surface area contributed by atoms with Crippen LogP contribution in [0.5, 0.6) is 0 Å². The number of hydrogen-bond acceptors (Lipinski definition) is 6. The molecule has 0 atom stereocenters. The molecule has 0 unspecified atom stereocenters. The maximum Gasteiger partial charge on any atom is 0.293 e. The Labute approximate surface area is 129 Å². The lowest BCUT2D eigenvalue weighted by atomic mass is 10.0. The minimum Gasteiger partial charge on any atom is -0.381 e. The van der Waals surface area contributed by atoms with Gasteiger partial charge in [-0.2, -0.15) is 0 Å². The van der Waals surface area contributed by atoms with E-state index in [-0.39, 0.29) is 16.3 Å². The Hall–Kier alpha value is -1.67. The van der Waals surface area contributed by atoms with E-state index in [1.807, 2.05) is 0 Å². The van der Waals surface area contributed by atoms with E-state index in [1.54, 1.807) is 0 Å². The van der Waals surface area contributed by atoms with Gasteiger partial charge in [-0.1, -0.05) is 6.92 Å². The largest absolute Gasteiger partial charge is 0.381 e. The SMILES string of the molecule is CCS(=O)(=O)c1ccc(NCC2CCOCC2)c([N+](=O)[O-])c1. The zero-order valence-corrected chi connectivity index (χ0v) is 13.3. The molecule has 122 valence electrons. The fraction of sp³-hybridized carbons (Fsp3) is 0.571. The van der Waals surface area contributed by atoms with Gasteiger partial charge in [-0.3, -0.25) is 10.1 Å². The van der Waals surface area contributed by atoms with Crippen LogP contribution in [0.25, 0.3) is 0 Å². The third kappa shape index (κ3) is 3.95. The Morgan fingerprint density at radius 2 is 2.05 bits per heavy atom. The van der Waals surface area contributed by atoms with Crippen LogP contribution < -0.4 is 5.32 Å². The molecule has 1 aromatic carbocycles. The van der Waals surface area contributed by atoms with Crippen molar-refractivity contribution in [2.75, 3.05) is 30.8 Å². The van der Waals surface area contributed by atoms with Gasteiger partial charge in [0.15, 0.2) is 9.84 Å². The summed E-state index contributed by atoms with van der Waals surface area (Å²) in [6, 6.07) is 4.02. The lowest BCUT2D eigenvalue weighted by Gasteiger charge is -2.22. The molecule has 2 rings (SSSR count). The van der Waals surface area contributed by atoms with Gasteiger partial charge in [0.05, 0.1) is 15.6 Å². The Balaban J connectivity index is 2.18. The monoisotopic (exact) mass is 328 g/mol. The van der Waals surface area contributed by atoms with E-state index in [1.165, 1.54) is 19.1 Å². The normalized spacial score (nSPS) is 16.4. The first-order valence-electron chi connectivity index (χ1n) is 7.27. The van der Waals surface area contributed by atoms with Crippen LogP contribution in [0.2, 0.25) is 0 Å². The summed E-state index contributed by atoms with van der Waals surface area (Å²) in [4.78, 5) is 10.6. The summed E-state index contributed by atoms with van der Waals surface area (Å²) in [6.07, 6.45) is 1.84. The molecule has 0 bridgehead atoms. The summed E-state index contributed by atoms with van der Waals surface area (Å²) < 4.78 is 28.9. The molecular formula is C14H20N2O5S. The second kappa shape index (κ2) is 7.06. The Bertz CT molecular complexity index is 639. The number of hydrogen-bond donors (Lipinski definition) is 1. The van der Waals surface area contributed by atoms with Gasteiger partial charge in [-0.15, -0.1) is 0 Å². The topological polar surface area (TPSA) is 98.5 Å². The molecule has 1 saturated heterocycles. The van der Waals surface area contributed by atoms with E-state index < -0.39 is 14.8 Å². The minimum absolute atomic E-state index is 0.0154. The summed E-state index contributed by atoms with van der Waals surface area (Å²) in [5.74, 6) is 0.325. The summed E-state index contributed by atoms with van der Waals surface area (Å²) >= 11 is 0. The fourth-order valence-electron chi connectivity index (χ4n) is 2.38. The van der Waals surface area contributed by atoms with Crippen LogP contribution in [0, 0.1) is 16.0 Å². The Morgan fingerprint density at radius 3 is 2.64 bits per heavy atom. The molecule has 0 spiro atoms. The predicted octanol–water partition coefficient (Wildman–Crippen LogP) is 2.23. The maximum absolute atomic E-state index is 11.8. The standard InChI is InChI=1S/C14H20N2O5S/c1-2-22(19,20)12-3-4-13(14(9-12)16(17)18)15-10-11-5-7-21-8-6-11/h3-4,9,11,15H,2,5-8,10H2,1H3. The van der Waals surface area contributed by atoms with Crippen LogP contribution >= 0.6 is 0 Å².